The normalized spacial score (nSPS) is 14.9. The molecule has 1 fully saturated rings. The van der Waals surface area contributed by atoms with Crippen molar-refractivity contribution in [2.75, 3.05) is 46.6 Å². The molecule has 0 amide bonds. The molecule has 0 saturated carbocycles. The SMILES string of the molecule is CC=C(C(=O)OC)c1ccccc1COc1cccc(OCCN2CCOCC2)c1. The van der Waals surface area contributed by atoms with Crippen molar-refractivity contribution in [3.63, 3.8) is 0 Å². The monoisotopic (exact) mass is 411 g/mol. The van der Waals surface area contributed by atoms with E-state index >= 15 is 0 Å². The molecule has 0 atom stereocenters. The maximum absolute atomic E-state index is 12.1. The maximum atomic E-state index is 12.1. The summed E-state index contributed by atoms with van der Waals surface area (Å²) in [5, 5.41) is 0. The predicted molar refractivity (Wildman–Crippen MR) is 116 cm³/mol. The summed E-state index contributed by atoms with van der Waals surface area (Å²) in [6.07, 6.45) is 1.76. The van der Waals surface area contributed by atoms with Crippen molar-refractivity contribution < 1.29 is 23.7 Å². The lowest BCUT2D eigenvalue weighted by molar-refractivity contribution is -0.133. The van der Waals surface area contributed by atoms with Gasteiger partial charge in [-0.05, 0) is 30.2 Å². The Hall–Kier alpha value is -2.83. The molecular formula is C24H29NO5. The van der Waals surface area contributed by atoms with Crippen LogP contribution in [0.15, 0.2) is 54.6 Å². The third-order valence-corrected chi connectivity index (χ3v) is 4.98. The molecule has 0 bridgehead atoms. The number of esters is 1. The van der Waals surface area contributed by atoms with Gasteiger partial charge < -0.3 is 18.9 Å². The Labute approximate surface area is 178 Å². The van der Waals surface area contributed by atoms with Crippen LogP contribution in [0.5, 0.6) is 11.5 Å². The number of benzene rings is 2. The smallest absolute Gasteiger partial charge is 0.338 e. The molecule has 0 radical (unpaired) electrons. The fourth-order valence-corrected chi connectivity index (χ4v) is 3.33. The lowest BCUT2D eigenvalue weighted by atomic mass is 10.00. The summed E-state index contributed by atoms with van der Waals surface area (Å²) in [5.41, 5.74) is 2.25. The second-order valence-corrected chi connectivity index (χ2v) is 6.92. The van der Waals surface area contributed by atoms with Crippen molar-refractivity contribution in [2.45, 2.75) is 13.5 Å². The van der Waals surface area contributed by atoms with Gasteiger partial charge in [0.1, 0.15) is 24.7 Å². The van der Waals surface area contributed by atoms with Gasteiger partial charge in [0.15, 0.2) is 0 Å². The lowest BCUT2D eigenvalue weighted by Gasteiger charge is -2.26. The number of hydrogen-bond acceptors (Lipinski definition) is 6. The van der Waals surface area contributed by atoms with E-state index in [0.29, 0.717) is 24.5 Å². The minimum Gasteiger partial charge on any atom is -0.492 e. The van der Waals surface area contributed by atoms with Crippen LogP contribution in [0.1, 0.15) is 18.1 Å². The van der Waals surface area contributed by atoms with Crippen molar-refractivity contribution in [1.82, 2.24) is 4.90 Å². The Balaban J connectivity index is 1.59. The molecule has 2 aromatic rings. The summed E-state index contributed by atoms with van der Waals surface area (Å²) < 4.78 is 22.1. The maximum Gasteiger partial charge on any atom is 0.338 e. The van der Waals surface area contributed by atoms with Gasteiger partial charge in [-0.1, -0.05) is 36.4 Å². The molecular weight excluding hydrogens is 382 g/mol. The number of nitrogens with zero attached hydrogens (tertiary/aromatic N) is 1. The number of hydrogen-bond donors (Lipinski definition) is 0. The van der Waals surface area contributed by atoms with Gasteiger partial charge in [-0.25, -0.2) is 4.79 Å². The van der Waals surface area contributed by atoms with E-state index in [4.69, 9.17) is 18.9 Å². The van der Waals surface area contributed by atoms with Gasteiger partial charge in [0, 0.05) is 25.7 Å². The largest absolute Gasteiger partial charge is 0.492 e. The van der Waals surface area contributed by atoms with Gasteiger partial charge in [-0.2, -0.15) is 0 Å². The second-order valence-electron chi connectivity index (χ2n) is 6.92. The number of morpholine rings is 1. The zero-order valence-electron chi connectivity index (χ0n) is 17.6. The first-order chi connectivity index (χ1) is 14.7. The van der Waals surface area contributed by atoms with Crippen molar-refractivity contribution in [2.24, 2.45) is 0 Å². The zero-order chi connectivity index (χ0) is 21.2. The van der Waals surface area contributed by atoms with E-state index in [1.807, 2.05) is 55.5 Å². The van der Waals surface area contributed by atoms with Crippen LogP contribution in [0, 0.1) is 0 Å². The third kappa shape index (κ3) is 6.08. The number of methoxy groups -OCH3 is 1. The molecule has 1 aliphatic rings. The Morgan fingerprint density at radius 3 is 2.53 bits per heavy atom. The summed E-state index contributed by atoms with van der Waals surface area (Å²) in [4.78, 5) is 14.4. The van der Waals surface area contributed by atoms with Crippen molar-refractivity contribution in [3.05, 3.63) is 65.7 Å². The molecule has 0 unspecified atom stereocenters. The highest BCUT2D eigenvalue weighted by molar-refractivity contribution is 6.16. The number of carbonyl (C=O) groups is 1. The van der Waals surface area contributed by atoms with Gasteiger partial charge in [-0.15, -0.1) is 0 Å². The van der Waals surface area contributed by atoms with Crippen molar-refractivity contribution in [3.8, 4) is 11.5 Å². The predicted octanol–water partition coefficient (Wildman–Crippen LogP) is 3.55. The molecule has 1 saturated heterocycles. The van der Waals surface area contributed by atoms with Gasteiger partial charge in [0.2, 0.25) is 0 Å². The first-order valence-electron chi connectivity index (χ1n) is 10.2. The van der Waals surface area contributed by atoms with Gasteiger partial charge in [0.05, 0.1) is 25.9 Å². The zero-order valence-corrected chi connectivity index (χ0v) is 17.6. The van der Waals surface area contributed by atoms with E-state index in [1.54, 1.807) is 6.08 Å². The summed E-state index contributed by atoms with van der Waals surface area (Å²) in [6.45, 7) is 7.13. The number of rotatable bonds is 9. The van der Waals surface area contributed by atoms with E-state index in [9.17, 15) is 4.79 Å². The number of ether oxygens (including phenoxy) is 4. The average Bonchev–Trinajstić information content (AvgIpc) is 2.80. The van der Waals surface area contributed by atoms with Gasteiger partial charge in [0.25, 0.3) is 0 Å². The first kappa shape index (κ1) is 21.9. The Bertz CT molecular complexity index is 858. The third-order valence-electron chi connectivity index (χ3n) is 4.98. The van der Waals surface area contributed by atoms with Crippen LogP contribution in [-0.2, 0) is 20.9 Å². The van der Waals surface area contributed by atoms with Crippen LogP contribution >= 0.6 is 0 Å². The highest BCUT2D eigenvalue weighted by atomic mass is 16.5. The van der Waals surface area contributed by atoms with Crippen LogP contribution < -0.4 is 9.47 Å². The van der Waals surface area contributed by atoms with E-state index < -0.39 is 0 Å². The summed E-state index contributed by atoms with van der Waals surface area (Å²) in [6, 6.07) is 15.3. The fourth-order valence-electron chi connectivity index (χ4n) is 3.33. The molecule has 6 heteroatoms. The van der Waals surface area contributed by atoms with E-state index in [1.165, 1.54) is 7.11 Å². The van der Waals surface area contributed by atoms with Gasteiger partial charge >= 0.3 is 5.97 Å². The van der Waals surface area contributed by atoms with Crippen LogP contribution in [-0.4, -0.2) is 57.4 Å². The molecule has 160 valence electrons. The fraction of sp³-hybridized carbons (Fsp3) is 0.375. The number of allylic oxidation sites excluding steroid dienone is 1. The highest BCUT2D eigenvalue weighted by Crippen LogP contribution is 2.24. The van der Waals surface area contributed by atoms with Crippen molar-refractivity contribution in [1.29, 1.82) is 0 Å². The molecule has 0 aliphatic carbocycles. The molecule has 6 nitrogen and oxygen atoms in total. The highest BCUT2D eigenvalue weighted by Gasteiger charge is 2.15. The summed E-state index contributed by atoms with van der Waals surface area (Å²) in [5.74, 6) is 1.13. The molecule has 0 N–H and O–H groups in total. The van der Waals surface area contributed by atoms with Crippen LogP contribution in [0.25, 0.3) is 5.57 Å². The van der Waals surface area contributed by atoms with Crippen LogP contribution in [0.4, 0.5) is 0 Å². The Kier molecular flexibility index (Phi) is 8.30. The average molecular weight is 411 g/mol. The van der Waals surface area contributed by atoms with E-state index in [2.05, 4.69) is 4.90 Å². The van der Waals surface area contributed by atoms with E-state index in [-0.39, 0.29) is 5.97 Å². The van der Waals surface area contributed by atoms with Gasteiger partial charge in [-0.3, -0.25) is 4.90 Å². The second kappa shape index (κ2) is 11.4. The molecule has 3 rings (SSSR count). The van der Waals surface area contributed by atoms with Crippen LogP contribution in [0.3, 0.4) is 0 Å². The molecule has 30 heavy (non-hydrogen) atoms. The minimum absolute atomic E-state index is 0.335. The minimum atomic E-state index is -0.361. The first-order valence-corrected chi connectivity index (χ1v) is 10.2. The number of carbonyl (C=O) groups excluding carboxylic acids is 1. The molecule has 1 aliphatic heterocycles. The molecule has 0 spiro atoms. The summed E-state index contributed by atoms with van der Waals surface area (Å²) in [7, 11) is 1.38. The quantitative estimate of drug-likeness (QED) is 0.465. The molecule has 2 aromatic carbocycles. The Morgan fingerprint density at radius 2 is 1.80 bits per heavy atom. The topological polar surface area (TPSA) is 57.2 Å². The lowest BCUT2D eigenvalue weighted by Crippen LogP contribution is -2.38. The molecule has 1 heterocycles. The molecule has 0 aromatic heterocycles. The Morgan fingerprint density at radius 1 is 1.07 bits per heavy atom. The standard InChI is InChI=1S/C24H29NO5/c1-3-22(24(26)27-2)23-10-5-4-7-19(23)18-30-21-9-6-8-20(17-21)29-16-13-25-11-14-28-15-12-25/h3-10,17H,11-16,18H2,1-2H3. The van der Waals surface area contributed by atoms with E-state index in [0.717, 1.165) is 49.7 Å². The summed E-state index contributed by atoms with van der Waals surface area (Å²) >= 11 is 0. The van der Waals surface area contributed by atoms with Crippen molar-refractivity contribution >= 4 is 11.5 Å². The van der Waals surface area contributed by atoms with Crippen LogP contribution in [0.2, 0.25) is 0 Å².